The van der Waals surface area contributed by atoms with Crippen molar-refractivity contribution in [2.75, 3.05) is 19.8 Å². The quantitative estimate of drug-likeness (QED) is 0.0204. The van der Waals surface area contributed by atoms with Gasteiger partial charge >= 0.3 is 0 Å². The summed E-state index contributed by atoms with van der Waals surface area (Å²) in [6, 6.07) is -0.828. The molecule has 2 saturated heterocycles. The van der Waals surface area contributed by atoms with E-state index in [0.717, 1.165) is 51.4 Å². The van der Waals surface area contributed by atoms with Gasteiger partial charge in [0, 0.05) is 6.42 Å². The molecule has 2 aliphatic rings. The van der Waals surface area contributed by atoms with Crippen LogP contribution in [-0.2, 0) is 23.7 Å². The van der Waals surface area contributed by atoms with Crippen LogP contribution < -0.4 is 5.32 Å². The number of hydrogen-bond donors (Lipinski definition) is 9. The molecule has 1 amide bonds. The van der Waals surface area contributed by atoms with E-state index in [1.807, 2.05) is 0 Å². The number of amides is 1. The number of rotatable bonds is 64. The fourth-order valence-electron chi connectivity index (χ4n) is 12.9. The lowest BCUT2D eigenvalue weighted by atomic mass is 9.97. The van der Waals surface area contributed by atoms with Crippen molar-refractivity contribution in [2.45, 2.75) is 434 Å². The van der Waals surface area contributed by atoms with Gasteiger partial charge in [-0.15, -0.1) is 0 Å². The minimum Gasteiger partial charge on any atom is -0.394 e. The lowest BCUT2D eigenvalue weighted by Crippen LogP contribution is -2.65. The molecule has 12 unspecified atom stereocenters. The van der Waals surface area contributed by atoms with E-state index in [1.54, 1.807) is 0 Å². The van der Waals surface area contributed by atoms with Crippen LogP contribution in [0.3, 0.4) is 0 Å². The molecule has 0 saturated carbocycles. The number of nitrogens with one attached hydrogen (secondary N) is 1. The largest absolute Gasteiger partial charge is 0.394 e. The van der Waals surface area contributed by atoms with Crippen molar-refractivity contribution in [3.8, 4) is 0 Å². The number of unbranched alkanes of at least 4 members (excludes halogenated alkanes) is 49. The van der Waals surface area contributed by atoms with Gasteiger partial charge in [-0.3, -0.25) is 4.79 Å². The molecule has 2 rings (SSSR count). The summed E-state index contributed by atoms with van der Waals surface area (Å²) in [6.07, 6.45) is 56.7. The molecule has 0 aromatic carbocycles. The molecule has 88 heavy (non-hydrogen) atoms. The average Bonchev–Trinajstić information content (AvgIpc) is 1.78. The highest BCUT2D eigenvalue weighted by molar-refractivity contribution is 5.76. The van der Waals surface area contributed by atoms with Crippen molar-refractivity contribution in [3.05, 3.63) is 12.2 Å². The number of carbonyl (C=O) groups is 1. The van der Waals surface area contributed by atoms with Crippen LogP contribution in [-0.4, -0.2) is 140 Å². The lowest BCUT2D eigenvalue weighted by molar-refractivity contribution is -0.359. The molecule has 0 spiro atoms. The van der Waals surface area contributed by atoms with E-state index in [9.17, 15) is 45.6 Å². The van der Waals surface area contributed by atoms with E-state index in [1.165, 1.54) is 283 Å². The predicted molar refractivity (Wildman–Crippen MR) is 360 cm³/mol. The van der Waals surface area contributed by atoms with Crippen molar-refractivity contribution in [2.24, 2.45) is 0 Å². The van der Waals surface area contributed by atoms with E-state index < -0.39 is 86.8 Å². The van der Waals surface area contributed by atoms with Crippen molar-refractivity contribution >= 4 is 5.91 Å². The zero-order valence-corrected chi connectivity index (χ0v) is 57.0. The topological polar surface area (TPSA) is 228 Å². The molecule has 0 aromatic rings. The van der Waals surface area contributed by atoms with Gasteiger partial charge in [-0.2, -0.15) is 0 Å². The molecule has 0 aliphatic carbocycles. The van der Waals surface area contributed by atoms with E-state index in [2.05, 4.69) is 31.3 Å². The second kappa shape index (κ2) is 59.5. The van der Waals surface area contributed by atoms with Crippen molar-refractivity contribution in [1.29, 1.82) is 0 Å². The Morgan fingerprint density at radius 1 is 0.398 bits per heavy atom. The summed E-state index contributed by atoms with van der Waals surface area (Å²) in [4.78, 5) is 13.4. The van der Waals surface area contributed by atoms with Gasteiger partial charge in [-0.1, -0.05) is 328 Å². The van der Waals surface area contributed by atoms with Crippen LogP contribution in [0, 0.1) is 0 Å². The number of aliphatic hydroxyl groups is 8. The molecular formula is C74H143NO13. The predicted octanol–water partition coefficient (Wildman–Crippen LogP) is 16.1. The highest BCUT2D eigenvalue weighted by Crippen LogP contribution is 2.30. The molecule has 522 valence electrons. The Hall–Kier alpha value is -1.27. The molecule has 14 heteroatoms. The third-order valence-electron chi connectivity index (χ3n) is 19.0. The SMILES string of the molecule is CCCCCCCCCC/C=C\CCCCCCCCCCCCCC(=O)NC(COC1OC(CO)C(OC2OC(CO)C(O)C(O)C2O)C(O)C1O)C(O)CCCCCCCCCCCCCCCCCCCCCCCCCCCCCCCCC. The zero-order valence-electron chi connectivity index (χ0n) is 57.0. The van der Waals surface area contributed by atoms with Crippen LogP contribution in [0.15, 0.2) is 12.2 Å². The highest BCUT2D eigenvalue weighted by Gasteiger charge is 2.51. The summed E-state index contributed by atoms with van der Waals surface area (Å²) in [7, 11) is 0. The van der Waals surface area contributed by atoms with Crippen LogP contribution in [0.1, 0.15) is 361 Å². The summed E-state index contributed by atoms with van der Waals surface area (Å²) in [6.45, 7) is 2.93. The van der Waals surface area contributed by atoms with Crippen molar-refractivity contribution in [1.82, 2.24) is 5.32 Å². The van der Waals surface area contributed by atoms with Gasteiger partial charge in [0.05, 0.1) is 32.0 Å². The Bertz CT molecular complexity index is 1520. The minimum absolute atomic E-state index is 0.200. The van der Waals surface area contributed by atoms with E-state index in [-0.39, 0.29) is 12.5 Å². The third kappa shape index (κ3) is 42.9. The number of aliphatic hydroxyl groups excluding tert-OH is 8. The van der Waals surface area contributed by atoms with Crippen LogP contribution in [0.5, 0.6) is 0 Å². The Morgan fingerprint density at radius 3 is 1.08 bits per heavy atom. The molecule has 12 atom stereocenters. The first kappa shape index (κ1) is 82.8. The maximum atomic E-state index is 13.4. The van der Waals surface area contributed by atoms with Gasteiger partial charge in [0.2, 0.25) is 5.91 Å². The Morgan fingerprint density at radius 2 is 0.716 bits per heavy atom. The second-order valence-electron chi connectivity index (χ2n) is 27.1. The van der Waals surface area contributed by atoms with Gasteiger partial charge < -0.3 is 65.1 Å². The maximum Gasteiger partial charge on any atom is 0.220 e. The second-order valence-corrected chi connectivity index (χ2v) is 27.1. The van der Waals surface area contributed by atoms with Crippen LogP contribution in [0.4, 0.5) is 0 Å². The average molecular weight is 1250 g/mol. The van der Waals surface area contributed by atoms with E-state index >= 15 is 0 Å². The standard InChI is InChI=1S/C74H143NO13/c1-3-5-7-9-11-13-15-17-19-21-23-25-27-28-29-30-31-32-33-34-36-37-39-41-43-45-47-49-51-53-55-57-63(78)62(61-85-73-71(84)69(82)72(65(60-77)87-73)88-74-70(83)68(81)67(80)64(59-76)86-74)75-66(79)58-56-54-52-50-48-46-44-42-40-38-35-26-24-22-20-18-16-14-12-10-8-6-4-2/h22,24,62-65,67-74,76-78,80-84H,3-21,23,25-61H2,1-2H3,(H,75,79)/b24-22-. The molecular weight excluding hydrogens is 1110 g/mol. The maximum absolute atomic E-state index is 13.4. The van der Waals surface area contributed by atoms with Crippen molar-refractivity contribution in [3.63, 3.8) is 0 Å². The lowest BCUT2D eigenvalue weighted by Gasteiger charge is -2.46. The van der Waals surface area contributed by atoms with Crippen molar-refractivity contribution < 1.29 is 64.6 Å². The molecule has 2 aliphatic heterocycles. The first-order valence-corrected chi connectivity index (χ1v) is 37.9. The third-order valence-corrected chi connectivity index (χ3v) is 19.0. The molecule has 14 nitrogen and oxygen atoms in total. The van der Waals surface area contributed by atoms with Crippen LogP contribution >= 0.6 is 0 Å². The van der Waals surface area contributed by atoms with E-state index in [4.69, 9.17) is 18.9 Å². The Balaban J connectivity index is 1.63. The van der Waals surface area contributed by atoms with Gasteiger partial charge in [0.25, 0.3) is 0 Å². The molecule has 2 fully saturated rings. The highest BCUT2D eigenvalue weighted by atomic mass is 16.7. The Labute approximate surface area is 539 Å². The molecule has 0 radical (unpaired) electrons. The molecule has 2 heterocycles. The monoisotopic (exact) mass is 1250 g/mol. The smallest absolute Gasteiger partial charge is 0.220 e. The van der Waals surface area contributed by atoms with Gasteiger partial charge in [-0.05, 0) is 38.5 Å². The zero-order chi connectivity index (χ0) is 63.8. The first-order chi connectivity index (χ1) is 43.1. The first-order valence-electron chi connectivity index (χ1n) is 37.9. The fourth-order valence-corrected chi connectivity index (χ4v) is 12.9. The summed E-state index contributed by atoms with van der Waals surface area (Å²) >= 11 is 0. The van der Waals surface area contributed by atoms with Gasteiger partial charge in [0.15, 0.2) is 12.6 Å². The van der Waals surface area contributed by atoms with Gasteiger partial charge in [-0.25, -0.2) is 0 Å². The van der Waals surface area contributed by atoms with E-state index in [0.29, 0.717) is 12.8 Å². The number of hydrogen-bond acceptors (Lipinski definition) is 13. The van der Waals surface area contributed by atoms with Crippen LogP contribution in [0.2, 0.25) is 0 Å². The molecule has 0 aromatic heterocycles. The fraction of sp³-hybridized carbons (Fsp3) is 0.959. The molecule has 0 bridgehead atoms. The summed E-state index contributed by atoms with van der Waals surface area (Å²) < 4.78 is 23.0. The minimum atomic E-state index is -1.78. The number of allylic oxidation sites excluding steroid dienone is 2. The normalized spacial score (nSPS) is 23.1. The van der Waals surface area contributed by atoms with Gasteiger partial charge in [0.1, 0.15) is 48.8 Å². The summed E-state index contributed by atoms with van der Waals surface area (Å²) in [5.41, 5.74) is 0. The number of carbonyl (C=O) groups excluding carboxylic acids is 1. The molecule has 9 N–H and O–H groups in total. The van der Waals surface area contributed by atoms with Crippen LogP contribution in [0.25, 0.3) is 0 Å². The summed E-state index contributed by atoms with van der Waals surface area (Å²) in [5, 5.41) is 87.7. The Kier molecular flexibility index (Phi) is 56.0. The number of ether oxygens (including phenoxy) is 4. The summed E-state index contributed by atoms with van der Waals surface area (Å²) in [5.74, 6) is -0.200.